The van der Waals surface area contributed by atoms with E-state index in [1.54, 1.807) is 18.2 Å². The van der Waals surface area contributed by atoms with Crippen molar-refractivity contribution in [2.75, 3.05) is 0 Å². The summed E-state index contributed by atoms with van der Waals surface area (Å²) in [5.41, 5.74) is 3.12. The van der Waals surface area contributed by atoms with Crippen LogP contribution in [0.15, 0.2) is 75.9 Å². The second-order valence-electron chi connectivity index (χ2n) is 4.84. The van der Waals surface area contributed by atoms with Gasteiger partial charge >= 0.3 is 0 Å². The maximum Gasteiger partial charge on any atom is 0.218 e. The van der Waals surface area contributed by atoms with Gasteiger partial charge in [-0.3, -0.25) is 4.79 Å². The molecule has 0 unspecified atom stereocenters. The molecule has 2 aromatic carbocycles. The molecule has 0 aliphatic carbocycles. The van der Waals surface area contributed by atoms with E-state index in [1.807, 2.05) is 48.5 Å². The number of para-hydroxylation sites is 1. The Hall–Kier alpha value is -2.94. The summed E-state index contributed by atoms with van der Waals surface area (Å²) in [6, 6.07) is 20.7. The minimum absolute atomic E-state index is 0.0929. The van der Waals surface area contributed by atoms with E-state index >= 15 is 0 Å². The second kappa shape index (κ2) is 4.56. The number of aromatic nitrogens is 1. The summed E-state index contributed by atoms with van der Waals surface area (Å²) in [6.07, 6.45) is 0. The van der Waals surface area contributed by atoms with Gasteiger partial charge in [0, 0.05) is 5.56 Å². The van der Waals surface area contributed by atoms with Crippen LogP contribution < -0.4 is 5.43 Å². The molecule has 3 nitrogen and oxygen atoms in total. The van der Waals surface area contributed by atoms with Gasteiger partial charge in [0.15, 0.2) is 11.1 Å². The first-order valence-corrected chi connectivity index (χ1v) is 6.71. The number of hydrogen-bond acceptors (Lipinski definition) is 3. The van der Waals surface area contributed by atoms with E-state index in [4.69, 9.17) is 4.42 Å². The van der Waals surface area contributed by atoms with E-state index < -0.39 is 0 Å². The molecule has 0 aliphatic rings. The lowest BCUT2D eigenvalue weighted by Crippen LogP contribution is -2.04. The molecule has 0 saturated carbocycles. The highest BCUT2D eigenvalue weighted by atomic mass is 16.3. The highest BCUT2D eigenvalue weighted by Gasteiger charge is 2.09. The molecule has 3 heteroatoms. The summed E-state index contributed by atoms with van der Waals surface area (Å²) in [5.74, 6) is 0. The van der Waals surface area contributed by atoms with Crippen molar-refractivity contribution in [2.45, 2.75) is 0 Å². The largest absolute Gasteiger partial charge is 0.454 e. The number of rotatable bonds is 1. The number of pyridine rings is 1. The van der Waals surface area contributed by atoms with Gasteiger partial charge in [0.2, 0.25) is 5.43 Å². The molecule has 0 saturated heterocycles. The van der Waals surface area contributed by atoms with Crippen molar-refractivity contribution in [2.24, 2.45) is 0 Å². The molecule has 0 bridgehead atoms. The normalized spacial score (nSPS) is 11.0. The van der Waals surface area contributed by atoms with Crippen LogP contribution >= 0.6 is 0 Å². The zero-order valence-electron chi connectivity index (χ0n) is 11.1. The summed E-state index contributed by atoms with van der Waals surface area (Å²) in [4.78, 5) is 17.0. The number of nitrogens with zero attached hydrogens (tertiary/aromatic N) is 1. The lowest BCUT2D eigenvalue weighted by Gasteiger charge is -2.04. The van der Waals surface area contributed by atoms with Crippen LogP contribution in [0, 0.1) is 0 Å². The van der Waals surface area contributed by atoms with Crippen molar-refractivity contribution in [1.29, 1.82) is 0 Å². The van der Waals surface area contributed by atoms with Gasteiger partial charge in [-0.05, 0) is 24.3 Å². The van der Waals surface area contributed by atoms with Crippen LogP contribution in [0.25, 0.3) is 33.3 Å². The van der Waals surface area contributed by atoms with Gasteiger partial charge in [0.1, 0.15) is 5.58 Å². The molecule has 2 heterocycles. The average molecular weight is 273 g/mol. The van der Waals surface area contributed by atoms with Gasteiger partial charge in [-0.2, -0.15) is 0 Å². The van der Waals surface area contributed by atoms with E-state index in [0.717, 1.165) is 11.3 Å². The van der Waals surface area contributed by atoms with Crippen molar-refractivity contribution in [1.82, 2.24) is 4.98 Å². The van der Waals surface area contributed by atoms with Crippen molar-refractivity contribution >= 4 is 22.1 Å². The van der Waals surface area contributed by atoms with Gasteiger partial charge in [-0.15, -0.1) is 0 Å². The highest BCUT2D eigenvalue weighted by molar-refractivity contribution is 5.88. The standard InChI is InChI=1S/C18H11NO2/c20-18-13-8-4-5-9-15(13)21-16-11-10-14(19-17(16)18)12-6-2-1-3-7-12/h1-11H. The topological polar surface area (TPSA) is 43.1 Å². The van der Waals surface area contributed by atoms with Gasteiger partial charge < -0.3 is 4.42 Å². The Labute approximate surface area is 120 Å². The van der Waals surface area contributed by atoms with E-state index in [9.17, 15) is 4.79 Å². The molecule has 4 aromatic rings. The second-order valence-corrected chi connectivity index (χ2v) is 4.84. The van der Waals surface area contributed by atoms with Crippen molar-refractivity contribution < 1.29 is 4.42 Å². The fourth-order valence-electron chi connectivity index (χ4n) is 2.45. The van der Waals surface area contributed by atoms with E-state index in [0.29, 0.717) is 22.1 Å². The summed E-state index contributed by atoms with van der Waals surface area (Å²) in [5, 5.41) is 0.558. The fourth-order valence-corrected chi connectivity index (χ4v) is 2.45. The first kappa shape index (κ1) is 11.9. The van der Waals surface area contributed by atoms with Gasteiger partial charge in [0.25, 0.3) is 0 Å². The van der Waals surface area contributed by atoms with Gasteiger partial charge in [-0.25, -0.2) is 4.98 Å². The molecule has 0 N–H and O–H groups in total. The molecule has 0 radical (unpaired) electrons. The van der Waals surface area contributed by atoms with Crippen LogP contribution in [-0.4, -0.2) is 4.98 Å². The molecule has 0 spiro atoms. The summed E-state index contributed by atoms with van der Waals surface area (Å²) in [6.45, 7) is 0. The van der Waals surface area contributed by atoms with Crippen molar-refractivity contribution in [3.8, 4) is 11.3 Å². The van der Waals surface area contributed by atoms with Crippen LogP contribution in [0.2, 0.25) is 0 Å². The number of fused-ring (bicyclic) bond motifs is 2. The van der Waals surface area contributed by atoms with E-state index in [1.165, 1.54) is 0 Å². The molecular formula is C18H11NO2. The monoisotopic (exact) mass is 273 g/mol. The quantitative estimate of drug-likeness (QED) is 0.492. The highest BCUT2D eigenvalue weighted by Crippen LogP contribution is 2.22. The zero-order valence-corrected chi connectivity index (χ0v) is 11.1. The summed E-state index contributed by atoms with van der Waals surface area (Å²) in [7, 11) is 0. The molecule has 0 atom stereocenters. The Morgan fingerprint density at radius 2 is 1.52 bits per heavy atom. The molecule has 2 aromatic heterocycles. The van der Waals surface area contributed by atoms with Crippen LogP contribution in [0.5, 0.6) is 0 Å². The first-order chi connectivity index (χ1) is 10.3. The molecule has 0 aliphatic heterocycles. The smallest absolute Gasteiger partial charge is 0.218 e. The number of hydrogen-bond donors (Lipinski definition) is 0. The fraction of sp³-hybridized carbons (Fsp3) is 0. The molecule has 0 fully saturated rings. The molecule has 0 amide bonds. The van der Waals surface area contributed by atoms with Crippen LogP contribution in [0.1, 0.15) is 0 Å². The minimum Gasteiger partial charge on any atom is -0.454 e. The maximum atomic E-state index is 12.5. The van der Waals surface area contributed by atoms with Crippen LogP contribution in [-0.2, 0) is 0 Å². The molecule has 4 rings (SSSR count). The predicted molar refractivity (Wildman–Crippen MR) is 83.2 cm³/mol. The molecular weight excluding hydrogens is 262 g/mol. The van der Waals surface area contributed by atoms with E-state index in [2.05, 4.69) is 4.98 Å². The lowest BCUT2D eigenvalue weighted by atomic mass is 10.1. The number of benzene rings is 2. The van der Waals surface area contributed by atoms with Crippen LogP contribution in [0.4, 0.5) is 0 Å². The first-order valence-electron chi connectivity index (χ1n) is 6.71. The molecule has 100 valence electrons. The van der Waals surface area contributed by atoms with Gasteiger partial charge in [-0.1, -0.05) is 42.5 Å². The zero-order chi connectivity index (χ0) is 14.2. The van der Waals surface area contributed by atoms with Gasteiger partial charge in [0.05, 0.1) is 11.1 Å². The summed E-state index contributed by atoms with van der Waals surface area (Å²) < 4.78 is 5.76. The van der Waals surface area contributed by atoms with E-state index in [-0.39, 0.29) is 5.43 Å². The SMILES string of the molecule is O=c1c2ccccc2oc2ccc(-c3ccccc3)nc12. The predicted octanol–water partition coefficient (Wildman–Crippen LogP) is 4.01. The Kier molecular flexibility index (Phi) is 2.57. The van der Waals surface area contributed by atoms with Crippen molar-refractivity contribution in [3.05, 3.63) is 77.0 Å². The average Bonchev–Trinajstić information content (AvgIpc) is 2.56. The third-order valence-electron chi connectivity index (χ3n) is 3.49. The summed E-state index contributed by atoms with van der Waals surface area (Å²) >= 11 is 0. The lowest BCUT2D eigenvalue weighted by molar-refractivity contribution is 0.658. The Bertz CT molecular complexity index is 1000. The molecule has 21 heavy (non-hydrogen) atoms. The Morgan fingerprint density at radius 1 is 0.762 bits per heavy atom. The Balaban J connectivity index is 2.06. The third kappa shape index (κ3) is 1.91. The van der Waals surface area contributed by atoms with Crippen molar-refractivity contribution in [3.63, 3.8) is 0 Å². The Morgan fingerprint density at radius 3 is 2.38 bits per heavy atom. The maximum absolute atomic E-state index is 12.5. The third-order valence-corrected chi connectivity index (χ3v) is 3.49. The minimum atomic E-state index is -0.0929. The van der Waals surface area contributed by atoms with Crippen LogP contribution in [0.3, 0.4) is 0 Å².